The van der Waals surface area contributed by atoms with Crippen LogP contribution in [0.4, 0.5) is 5.69 Å². The zero-order valence-corrected chi connectivity index (χ0v) is 12.4. The summed E-state index contributed by atoms with van der Waals surface area (Å²) in [5.41, 5.74) is 2.20. The lowest BCUT2D eigenvalue weighted by molar-refractivity contribution is 0.304. The molecule has 4 heteroatoms. The minimum Gasteiger partial charge on any atom is -0.395 e. The Kier molecular flexibility index (Phi) is 5.45. The van der Waals surface area contributed by atoms with Gasteiger partial charge in [0.05, 0.1) is 17.3 Å². The second-order valence-electron chi connectivity index (χ2n) is 5.50. The summed E-state index contributed by atoms with van der Waals surface area (Å²) >= 11 is 6.26. The summed E-state index contributed by atoms with van der Waals surface area (Å²) in [6.07, 6.45) is 0. The van der Waals surface area contributed by atoms with Crippen LogP contribution in [0.3, 0.4) is 0 Å². The molecule has 0 aliphatic rings. The number of nitrogens with one attached hydrogen (secondary N) is 1. The van der Waals surface area contributed by atoms with E-state index in [0.717, 1.165) is 22.8 Å². The van der Waals surface area contributed by atoms with E-state index in [1.807, 2.05) is 24.1 Å². The first kappa shape index (κ1) is 15.3. The highest BCUT2D eigenvalue weighted by atomic mass is 35.5. The average Bonchev–Trinajstić information content (AvgIpc) is 2.25. The first-order chi connectivity index (χ1) is 8.35. The van der Waals surface area contributed by atoms with E-state index in [4.69, 9.17) is 16.7 Å². The van der Waals surface area contributed by atoms with Crippen molar-refractivity contribution in [2.45, 2.75) is 32.9 Å². The lowest BCUT2D eigenvalue weighted by atomic mass is 10.1. The van der Waals surface area contributed by atoms with Crippen LogP contribution in [0.25, 0.3) is 0 Å². The number of rotatable bonds is 5. The normalized spacial score (nSPS) is 11.7. The SMILES string of the molecule is CN(CCO)c1c(Cl)cccc1CNC(C)(C)C. The van der Waals surface area contributed by atoms with E-state index in [1.165, 1.54) is 0 Å². The maximum Gasteiger partial charge on any atom is 0.0642 e. The molecule has 102 valence electrons. The second-order valence-corrected chi connectivity index (χ2v) is 5.90. The standard InChI is InChI=1S/C14H23ClN2O/c1-14(2,3)16-10-11-6-5-7-12(15)13(11)17(4)8-9-18/h5-7,16,18H,8-10H2,1-4H3. The summed E-state index contributed by atoms with van der Waals surface area (Å²) in [5.74, 6) is 0. The Balaban J connectivity index is 2.93. The van der Waals surface area contributed by atoms with E-state index in [1.54, 1.807) is 0 Å². The molecular formula is C14H23ClN2O. The minimum absolute atomic E-state index is 0.0646. The van der Waals surface area contributed by atoms with Crippen LogP contribution < -0.4 is 10.2 Å². The van der Waals surface area contributed by atoms with Crippen LogP contribution in [0.1, 0.15) is 26.3 Å². The van der Waals surface area contributed by atoms with Gasteiger partial charge in [-0.05, 0) is 32.4 Å². The molecule has 0 fully saturated rings. The number of likely N-dealkylation sites (N-methyl/N-ethyl adjacent to an activating group) is 1. The second kappa shape index (κ2) is 6.41. The molecule has 0 spiro atoms. The van der Waals surface area contributed by atoms with E-state index in [-0.39, 0.29) is 12.1 Å². The predicted octanol–water partition coefficient (Wildman–Crippen LogP) is 2.66. The van der Waals surface area contributed by atoms with Gasteiger partial charge in [-0.15, -0.1) is 0 Å². The van der Waals surface area contributed by atoms with Gasteiger partial charge >= 0.3 is 0 Å². The summed E-state index contributed by atoms with van der Waals surface area (Å²) in [6.45, 7) is 7.85. The number of halogens is 1. The molecular weight excluding hydrogens is 248 g/mol. The number of para-hydroxylation sites is 1. The number of nitrogens with zero attached hydrogens (tertiary/aromatic N) is 1. The maximum absolute atomic E-state index is 9.04. The fourth-order valence-electron chi connectivity index (χ4n) is 1.75. The summed E-state index contributed by atoms with van der Waals surface area (Å²) in [7, 11) is 1.94. The summed E-state index contributed by atoms with van der Waals surface area (Å²) in [4.78, 5) is 1.99. The molecule has 0 saturated heterocycles. The highest BCUT2D eigenvalue weighted by Gasteiger charge is 2.14. The molecule has 0 aliphatic carbocycles. The van der Waals surface area contributed by atoms with Gasteiger partial charge in [-0.1, -0.05) is 23.7 Å². The lowest BCUT2D eigenvalue weighted by Gasteiger charge is -2.26. The molecule has 2 N–H and O–H groups in total. The van der Waals surface area contributed by atoms with E-state index >= 15 is 0 Å². The highest BCUT2D eigenvalue weighted by Crippen LogP contribution is 2.29. The number of benzene rings is 1. The van der Waals surface area contributed by atoms with E-state index in [0.29, 0.717) is 6.54 Å². The minimum atomic E-state index is 0.0646. The van der Waals surface area contributed by atoms with Crippen LogP contribution in [-0.4, -0.2) is 30.8 Å². The molecule has 0 aliphatic heterocycles. The van der Waals surface area contributed by atoms with Crippen molar-refractivity contribution in [2.75, 3.05) is 25.1 Å². The highest BCUT2D eigenvalue weighted by molar-refractivity contribution is 6.33. The zero-order chi connectivity index (χ0) is 13.8. The molecule has 0 bridgehead atoms. The Morgan fingerprint density at radius 1 is 1.33 bits per heavy atom. The van der Waals surface area contributed by atoms with Gasteiger partial charge in [0.25, 0.3) is 0 Å². The smallest absolute Gasteiger partial charge is 0.0642 e. The third-order valence-corrected chi connectivity index (χ3v) is 3.00. The van der Waals surface area contributed by atoms with Crippen LogP contribution in [0.15, 0.2) is 18.2 Å². The molecule has 0 saturated carbocycles. The quantitative estimate of drug-likeness (QED) is 0.864. The van der Waals surface area contributed by atoms with Gasteiger partial charge in [-0.3, -0.25) is 0 Å². The van der Waals surface area contributed by atoms with Gasteiger partial charge in [-0.25, -0.2) is 0 Å². The van der Waals surface area contributed by atoms with Crippen LogP contribution >= 0.6 is 11.6 Å². The summed E-state index contributed by atoms with van der Waals surface area (Å²) in [5, 5.41) is 13.2. The molecule has 3 nitrogen and oxygen atoms in total. The van der Waals surface area contributed by atoms with Gasteiger partial charge in [0, 0.05) is 25.7 Å². The fraction of sp³-hybridized carbons (Fsp3) is 0.571. The van der Waals surface area contributed by atoms with Crippen LogP contribution in [-0.2, 0) is 6.54 Å². The van der Waals surface area contributed by atoms with Crippen molar-refractivity contribution in [1.29, 1.82) is 0 Å². The summed E-state index contributed by atoms with van der Waals surface area (Å²) < 4.78 is 0. The number of hydrogen-bond donors (Lipinski definition) is 2. The van der Waals surface area contributed by atoms with Crippen molar-refractivity contribution in [1.82, 2.24) is 5.32 Å². The first-order valence-electron chi connectivity index (χ1n) is 6.19. The zero-order valence-electron chi connectivity index (χ0n) is 11.6. The van der Waals surface area contributed by atoms with Crippen molar-refractivity contribution in [3.8, 4) is 0 Å². The molecule has 0 radical (unpaired) electrons. The Hall–Kier alpha value is -0.770. The molecule has 0 atom stereocenters. The van der Waals surface area contributed by atoms with E-state index in [2.05, 4.69) is 32.2 Å². The maximum atomic E-state index is 9.04. The first-order valence-corrected chi connectivity index (χ1v) is 6.57. The van der Waals surface area contributed by atoms with Crippen LogP contribution in [0, 0.1) is 0 Å². The van der Waals surface area contributed by atoms with Crippen molar-refractivity contribution in [2.24, 2.45) is 0 Å². The molecule has 1 rings (SSSR count). The van der Waals surface area contributed by atoms with Gasteiger partial charge in [0.1, 0.15) is 0 Å². The molecule has 1 aromatic rings. The van der Waals surface area contributed by atoms with Gasteiger partial charge in [0.2, 0.25) is 0 Å². The molecule has 18 heavy (non-hydrogen) atoms. The number of aliphatic hydroxyl groups is 1. The Bertz CT molecular complexity index is 388. The van der Waals surface area contributed by atoms with Crippen molar-refractivity contribution in [3.05, 3.63) is 28.8 Å². The lowest BCUT2D eigenvalue weighted by Crippen LogP contribution is -2.35. The molecule has 1 aromatic carbocycles. The third-order valence-electron chi connectivity index (χ3n) is 2.70. The van der Waals surface area contributed by atoms with Crippen LogP contribution in [0.5, 0.6) is 0 Å². The van der Waals surface area contributed by atoms with Gasteiger partial charge in [0.15, 0.2) is 0 Å². The monoisotopic (exact) mass is 270 g/mol. The Morgan fingerprint density at radius 3 is 2.56 bits per heavy atom. The average molecular weight is 271 g/mol. The van der Waals surface area contributed by atoms with E-state index < -0.39 is 0 Å². The van der Waals surface area contributed by atoms with Crippen molar-refractivity contribution >= 4 is 17.3 Å². The molecule has 0 aromatic heterocycles. The number of anilines is 1. The predicted molar refractivity (Wildman–Crippen MR) is 78.4 cm³/mol. The fourth-order valence-corrected chi connectivity index (χ4v) is 2.09. The number of aliphatic hydroxyl groups excluding tert-OH is 1. The molecule has 0 unspecified atom stereocenters. The van der Waals surface area contributed by atoms with E-state index in [9.17, 15) is 0 Å². The summed E-state index contributed by atoms with van der Waals surface area (Å²) in [6, 6.07) is 5.90. The van der Waals surface area contributed by atoms with Crippen molar-refractivity contribution < 1.29 is 5.11 Å². The van der Waals surface area contributed by atoms with Gasteiger partial charge < -0.3 is 15.3 Å². The van der Waals surface area contributed by atoms with Crippen LogP contribution in [0.2, 0.25) is 5.02 Å². The largest absolute Gasteiger partial charge is 0.395 e. The van der Waals surface area contributed by atoms with Crippen molar-refractivity contribution in [3.63, 3.8) is 0 Å². The molecule has 0 heterocycles. The molecule has 0 amide bonds. The Labute approximate surface area is 115 Å². The third kappa shape index (κ3) is 4.48. The number of hydrogen-bond acceptors (Lipinski definition) is 3. The Morgan fingerprint density at radius 2 is 2.00 bits per heavy atom. The van der Waals surface area contributed by atoms with Gasteiger partial charge in [-0.2, -0.15) is 0 Å². The topological polar surface area (TPSA) is 35.5 Å².